The number of carbonyl (C=O) groups excluding carboxylic acids is 4. The number of imide groups is 1. The van der Waals surface area contributed by atoms with Crippen LogP contribution in [0.5, 0.6) is 0 Å². The maximum atomic E-state index is 12.1. The Morgan fingerprint density at radius 2 is 1.19 bits per heavy atom. The van der Waals surface area contributed by atoms with Crippen molar-refractivity contribution in [2.24, 2.45) is 0 Å². The van der Waals surface area contributed by atoms with Crippen LogP contribution in [0.2, 0.25) is 0 Å². The van der Waals surface area contributed by atoms with Gasteiger partial charge in [0.15, 0.2) is 0 Å². The van der Waals surface area contributed by atoms with Gasteiger partial charge < -0.3 is 9.57 Å². The van der Waals surface area contributed by atoms with Crippen LogP contribution in [-0.4, -0.2) is 35.9 Å². The quantitative estimate of drug-likeness (QED) is 0.619. The van der Waals surface area contributed by atoms with E-state index in [1.165, 1.54) is 19.2 Å². The maximum Gasteiger partial charge on any atom is 0.363 e. The highest BCUT2D eigenvalue weighted by Gasteiger charge is 2.33. The Kier molecular flexibility index (Phi) is 4.79. The molecule has 1 saturated heterocycles. The Labute approximate surface area is 149 Å². The van der Waals surface area contributed by atoms with Crippen LogP contribution in [0.1, 0.15) is 33.6 Å². The lowest BCUT2D eigenvalue weighted by atomic mass is 10.0. The third kappa shape index (κ3) is 3.46. The maximum absolute atomic E-state index is 12.1. The number of carbonyl (C=O) groups is 4. The van der Waals surface area contributed by atoms with E-state index in [0.29, 0.717) is 10.6 Å². The summed E-state index contributed by atoms with van der Waals surface area (Å²) in [6.07, 6.45) is 0.0965. The summed E-state index contributed by atoms with van der Waals surface area (Å²) in [5, 5.41) is 0.516. The zero-order valence-corrected chi connectivity index (χ0v) is 13.9. The zero-order valence-electron chi connectivity index (χ0n) is 13.9. The number of esters is 1. The van der Waals surface area contributed by atoms with Crippen molar-refractivity contribution in [1.29, 1.82) is 0 Å². The fraction of sp³-hybridized carbons (Fsp3) is 0.158. The van der Waals surface area contributed by atoms with Gasteiger partial charge in [0.1, 0.15) is 0 Å². The molecule has 0 unspecified atom stereocenters. The molecular formula is C19H15NO6. The Morgan fingerprint density at radius 3 is 1.62 bits per heavy atom. The Morgan fingerprint density at radius 1 is 0.769 bits per heavy atom. The normalized spacial score (nSPS) is 13.7. The molecule has 132 valence electrons. The molecule has 0 N–H and O–H groups in total. The van der Waals surface area contributed by atoms with E-state index in [4.69, 9.17) is 4.84 Å². The molecule has 0 aliphatic carbocycles. The molecule has 2 amide bonds. The van der Waals surface area contributed by atoms with Crippen molar-refractivity contribution >= 4 is 23.8 Å². The van der Waals surface area contributed by atoms with Gasteiger partial charge in [0.25, 0.3) is 11.8 Å². The van der Waals surface area contributed by atoms with Gasteiger partial charge in [-0.1, -0.05) is 24.3 Å². The summed E-state index contributed by atoms with van der Waals surface area (Å²) in [4.78, 5) is 51.3. The fourth-order valence-electron chi connectivity index (χ4n) is 2.51. The van der Waals surface area contributed by atoms with Crippen molar-refractivity contribution in [1.82, 2.24) is 5.06 Å². The van der Waals surface area contributed by atoms with Gasteiger partial charge in [-0.2, -0.15) is 0 Å². The van der Waals surface area contributed by atoms with Crippen LogP contribution in [0.3, 0.4) is 0 Å². The number of hydrogen-bond acceptors (Lipinski definition) is 6. The van der Waals surface area contributed by atoms with Gasteiger partial charge >= 0.3 is 11.9 Å². The molecule has 7 heteroatoms. The van der Waals surface area contributed by atoms with E-state index in [2.05, 4.69) is 4.74 Å². The van der Waals surface area contributed by atoms with E-state index in [1.54, 1.807) is 36.4 Å². The Balaban J connectivity index is 1.72. The van der Waals surface area contributed by atoms with Crippen molar-refractivity contribution in [2.45, 2.75) is 12.8 Å². The third-order valence-corrected chi connectivity index (χ3v) is 3.94. The van der Waals surface area contributed by atoms with Crippen LogP contribution in [0.25, 0.3) is 11.1 Å². The van der Waals surface area contributed by atoms with E-state index < -0.39 is 23.8 Å². The summed E-state index contributed by atoms with van der Waals surface area (Å²) in [6, 6.07) is 13.3. The van der Waals surface area contributed by atoms with E-state index in [-0.39, 0.29) is 18.4 Å². The van der Waals surface area contributed by atoms with Crippen LogP contribution in [0, 0.1) is 0 Å². The molecule has 0 saturated carbocycles. The number of hydroxylamine groups is 2. The molecule has 0 aromatic heterocycles. The number of amides is 2. The van der Waals surface area contributed by atoms with Crippen LogP contribution < -0.4 is 0 Å². The highest BCUT2D eigenvalue weighted by Crippen LogP contribution is 2.21. The van der Waals surface area contributed by atoms with E-state index >= 15 is 0 Å². The number of benzene rings is 2. The zero-order chi connectivity index (χ0) is 18.7. The molecule has 3 rings (SSSR count). The number of ether oxygens (including phenoxy) is 1. The first kappa shape index (κ1) is 17.3. The molecule has 0 atom stereocenters. The molecule has 1 aliphatic heterocycles. The van der Waals surface area contributed by atoms with Gasteiger partial charge in [-0.3, -0.25) is 9.59 Å². The Bertz CT molecular complexity index is 854. The SMILES string of the molecule is COC(=O)c1ccc(-c2ccc(C(=O)ON3C(=O)CCC3=O)cc2)cc1. The molecule has 26 heavy (non-hydrogen) atoms. The van der Waals surface area contributed by atoms with Gasteiger partial charge in [-0.05, 0) is 35.4 Å². The minimum Gasteiger partial charge on any atom is -0.465 e. The van der Waals surface area contributed by atoms with Gasteiger partial charge in [0, 0.05) is 12.8 Å². The average molecular weight is 353 g/mol. The van der Waals surface area contributed by atoms with Crippen molar-refractivity contribution in [3.8, 4) is 11.1 Å². The molecule has 2 aromatic rings. The fourth-order valence-corrected chi connectivity index (χ4v) is 2.51. The largest absolute Gasteiger partial charge is 0.465 e. The number of rotatable bonds is 4. The topological polar surface area (TPSA) is 90.0 Å². The molecule has 1 heterocycles. The molecule has 7 nitrogen and oxygen atoms in total. The van der Waals surface area contributed by atoms with Crippen molar-refractivity contribution in [2.75, 3.05) is 7.11 Å². The van der Waals surface area contributed by atoms with E-state index in [1.807, 2.05) is 0 Å². The average Bonchev–Trinajstić information content (AvgIpc) is 2.99. The predicted molar refractivity (Wildman–Crippen MR) is 89.7 cm³/mol. The minimum absolute atomic E-state index is 0.0482. The van der Waals surface area contributed by atoms with Crippen LogP contribution >= 0.6 is 0 Å². The number of methoxy groups -OCH3 is 1. The predicted octanol–water partition coefficient (Wildman–Crippen LogP) is 2.36. The van der Waals surface area contributed by atoms with Crippen molar-refractivity contribution in [3.05, 3.63) is 59.7 Å². The number of nitrogens with zero attached hydrogens (tertiary/aromatic N) is 1. The van der Waals surface area contributed by atoms with Gasteiger partial charge in [0.05, 0.1) is 18.2 Å². The Hall–Kier alpha value is -3.48. The van der Waals surface area contributed by atoms with Crippen LogP contribution in [0.4, 0.5) is 0 Å². The highest BCUT2D eigenvalue weighted by molar-refractivity contribution is 6.02. The van der Waals surface area contributed by atoms with Crippen LogP contribution in [0.15, 0.2) is 48.5 Å². The summed E-state index contributed by atoms with van der Waals surface area (Å²) in [7, 11) is 1.32. The monoisotopic (exact) mass is 353 g/mol. The van der Waals surface area contributed by atoms with E-state index in [9.17, 15) is 19.2 Å². The van der Waals surface area contributed by atoms with Crippen LogP contribution in [-0.2, 0) is 19.2 Å². The number of hydrogen-bond donors (Lipinski definition) is 0. The third-order valence-electron chi connectivity index (χ3n) is 3.94. The lowest BCUT2D eigenvalue weighted by Crippen LogP contribution is -2.32. The molecule has 2 aromatic carbocycles. The van der Waals surface area contributed by atoms with E-state index in [0.717, 1.165) is 11.1 Å². The smallest absolute Gasteiger partial charge is 0.363 e. The molecule has 1 aliphatic rings. The first-order valence-electron chi connectivity index (χ1n) is 7.86. The minimum atomic E-state index is -0.777. The molecule has 0 radical (unpaired) electrons. The first-order valence-corrected chi connectivity index (χ1v) is 7.86. The standard InChI is InChI=1S/C19H15NO6/c1-25-18(23)14-6-2-12(3-7-14)13-4-8-15(9-5-13)19(24)26-20-16(21)10-11-17(20)22/h2-9H,10-11H2,1H3. The second kappa shape index (κ2) is 7.18. The van der Waals surface area contributed by atoms with Gasteiger partial charge in [-0.25, -0.2) is 9.59 Å². The first-order chi connectivity index (χ1) is 12.5. The summed E-state index contributed by atoms with van der Waals surface area (Å²) in [6.45, 7) is 0. The lowest BCUT2D eigenvalue weighted by Gasteiger charge is -2.12. The second-order valence-corrected chi connectivity index (χ2v) is 5.61. The lowest BCUT2D eigenvalue weighted by molar-refractivity contribution is -0.172. The molecule has 1 fully saturated rings. The molecule has 0 bridgehead atoms. The second-order valence-electron chi connectivity index (χ2n) is 5.61. The molecule has 0 spiro atoms. The van der Waals surface area contributed by atoms with Gasteiger partial charge in [0.2, 0.25) is 0 Å². The summed E-state index contributed by atoms with van der Waals surface area (Å²) in [5.41, 5.74) is 2.33. The van der Waals surface area contributed by atoms with Gasteiger partial charge in [-0.15, -0.1) is 5.06 Å². The molecular weight excluding hydrogens is 338 g/mol. The summed E-state index contributed by atoms with van der Waals surface area (Å²) in [5.74, 6) is -2.24. The summed E-state index contributed by atoms with van der Waals surface area (Å²) >= 11 is 0. The van der Waals surface area contributed by atoms with Crippen molar-refractivity contribution < 1.29 is 28.8 Å². The highest BCUT2D eigenvalue weighted by atomic mass is 16.7. The summed E-state index contributed by atoms with van der Waals surface area (Å²) < 4.78 is 4.65. The van der Waals surface area contributed by atoms with Crippen molar-refractivity contribution in [3.63, 3.8) is 0 Å².